The average molecular weight is 280 g/mol. The molecule has 0 radical (unpaired) electrons. The van der Waals surface area contributed by atoms with Gasteiger partial charge in [0.05, 0.1) is 6.61 Å². The second-order valence-electron chi connectivity index (χ2n) is 5.29. The first-order chi connectivity index (χ1) is 10.3. The molecule has 0 aliphatic carbocycles. The van der Waals surface area contributed by atoms with Crippen LogP contribution < -0.4 is 0 Å². The first-order valence-electron chi connectivity index (χ1n) is 7.70. The van der Waals surface area contributed by atoms with Crippen LogP contribution in [0.5, 0.6) is 0 Å². The molecule has 0 aliphatic heterocycles. The van der Waals surface area contributed by atoms with Crippen LogP contribution >= 0.6 is 0 Å². The standard InChI is InChI=1S/C20H24O/c1-3-5-15-21-16-18-9-13-20(14-10-18)19-11-7-17(6-4-2)8-12-19/h4,7-14H,2-3,5-6,15-16H2,1H3. The van der Waals surface area contributed by atoms with Crippen LogP contribution in [-0.2, 0) is 17.8 Å². The third-order valence-corrected chi connectivity index (χ3v) is 3.53. The fourth-order valence-electron chi connectivity index (χ4n) is 2.23. The van der Waals surface area contributed by atoms with E-state index in [1.165, 1.54) is 28.7 Å². The maximum atomic E-state index is 5.64. The van der Waals surface area contributed by atoms with Gasteiger partial charge in [-0.3, -0.25) is 0 Å². The van der Waals surface area contributed by atoms with Crippen molar-refractivity contribution in [3.8, 4) is 11.1 Å². The van der Waals surface area contributed by atoms with Crippen molar-refractivity contribution < 1.29 is 4.74 Å². The van der Waals surface area contributed by atoms with E-state index < -0.39 is 0 Å². The summed E-state index contributed by atoms with van der Waals surface area (Å²) in [6.07, 6.45) is 5.17. The van der Waals surface area contributed by atoms with Crippen molar-refractivity contribution in [2.75, 3.05) is 6.61 Å². The van der Waals surface area contributed by atoms with Gasteiger partial charge in [0.15, 0.2) is 0 Å². The summed E-state index contributed by atoms with van der Waals surface area (Å²) in [7, 11) is 0. The number of hydrogen-bond donors (Lipinski definition) is 0. The molecule has 0 atom stereocenters. The highest BCUT2D eigenvalue weighted by molar-refractivity contribution is 5.64. The van der Waals surface area contributed by atoms with Crippen molar-refractivity contribution in [2.24, 2.45) is 0 Å². The molecule has 0 unspecified atom stereocenters. The highest BCUT2D eigenvalue weighted by atomic mass is 16.5. The van der Waals surface area contributed by atoms with Gasteiger partial charge in [0.25, 0.3) is 0 Å². The van der Waals surface area contributed by atoms with Crippen LogP contribution in [0.25, 0.3) is 11.1 Å². The maximum absolute atomic E-state index is 5.64. The molecule has 0 amide bonds. The summed E-state index contributed by atoms with van der Waals surface area (Å²) < 4.78 is 5.64. The molecule has 2 aromatic rings. The summed E-state index contributed by atoms with van der Waals surface area (Å²) in [4.78, 5) is 0. The molecule has 2 rings (SSSR count). The van der Waals surface area contributed by atoms with Crippen LogP contribution in [-0.4, -0.2) is 6.61 Å². The molecule has 2 aromatic carbocycles. The van der Waals surface area contributed by atoms with Gasteiger partial charge in [-0.2, -0.15) is 0 Å². The van der Waals surface area contributed by atoms with Gasteiger partial charge < -0.3 is 4.74 Å². The van der Waals surface area contributed by atoms with Gasteiger partial charge in [-0.25, -0.2) is 0 Å². The van der Waals surface area contributed by atoms with Crippen molar-refractivity contribution in [1.29, 1.82) is 0 Å². The summed E-state index contributed by atoms with van der Waals surface area (Å²) in [5.74, 6) is 0. The second-order valence-corrected chi connectivity index (χ2v) is 5.29. The van der Waals surface area contributed by atoms with E-state index in [4.69, 9.17) is 4.74 Å². The van der Waals surface area contributed by atoms with Crippen LogP contribution in [0.15, 0.2) is 61.2 Å². The summed E-state index contributed by atoms with van der Waals surface area (Å²) in [5, 5.41) is 0. The van der Waals surface area contributed by atoms with Crippen LogP contribution in [0.2, 0.25) is 0 Å². The third kappa shape index (κ3) is 4.87. The largest absolute Gasteiger partial charge is 0.377 e. The molecule has 0 saturated carbocycles. The first-order valence-corrected chi connectivity index (χ1v) is 7.70. The van der Waals surface area contributed by atoms with Crippen LogP contribution in [0.1, 0.15) is 30.9 Å². The number of allylic oxidation sites excluding steroid dienone is 1. The predicted octanol–water partition coefficient (Wildman–Crippen LogP) is 5.40. The molecule has 0 N–H and O–H groups in total. The highest BCUT2D eigenvalue weighted by Crippen LogP contribution is 2.21. The van der Waals surface area contributed by atoms with Crippen molar-refractivity contribution in [3.05, 3.63) is 72.3 Å². The Balaban J connectivity index is 1.96. The lowest BCUT2D eigenvalue weighted by Crippen LogP contribution is -1.94. The van der Waals surface area contributed by atoms with E-state index in [1.807, 2.05) is 6.08 Å². The number of benzene rings is 2. The topological polar surface area (TPSA) is 9.23 Å². The first kappa shape index (κ1) is 15.5. The minimum Gasteiger partial charge on any atom is -0.377 e. The Morgan fingerprint density at radius 2 is 1.48 bits per heavy atom. The summed E-state index contributed by atoms with van der Waals surface area (Å²) in [6.45, 7) is 7.51. The number of rotatable bonds is 8. The Morgan fingerprint density at radius 3 is 2.00 bits per heavy atom. The van der Waals surface area contributed by atoms with Gasteiger partial charge in [-0.05, 0) is 35.1 Å². The average Bonchev–Trinajstić information content (AvgIpc) is 2.53. The van der Waals surface area contributed by atoms with Gasteiger partial charge in [0.1, 0.15) is 0 Å². The van der Waals surface area contributed by atoms with Crippen molar-refractivity contribution in [2.45, 2.75) is 32.8 Å². The maximum Gasteiger partial charge on any atom is 0.0716 e. The van der Waals surface area contributed by atoms with Crippen molar-refractivity contribution in [1.82, 2.24) is 0 Å². The fourth-order valence-corrected chi connectivity index (χ4v) is 2.23. The summed E-state index contributed by atoms with van der Waals surface area (Å²) in [6, 6.07) is 17.3. The van der Waals surface area contributed by atoms with Gasteiger partial charge in [-0.1, -0.05) is 68.0 Å². The summed E-state index contributed by atoms with van der Waals surface area (Å²) >= 11 is 0. The lowest BCUT2D eigenvalue weighted by atomic mass is 10.0. The van der Waals surface area contributed by atoms with Gasteiger partial charge in [0.2, 0.25) is 0 Å². The highest BCUT2D eigenvalue weighted by Gasteiger charge is 1.99. The van der Waals surface area contributed by atoms with Gasteiger partial charge in [0, 0.05) is 6.61 Å². The third-order valence-electron chi connectivity index (χ3n) is 3.53. The van der Waals surface area contributed by atoms with Crippen LogP contribution in [0.3, 0.4) is 0 Å². The lowest BCUT2D eigenvalue weighted by Gasteiger charge is -2.06. The Labute approximate surface area is 128 Å². The Hall–Kier alpha value is -1.86. The lowest BCUT2D eigenvalue weighted by molar-refractivity contribution is 0.118. The Kier molecular flexibility index (Phi) is 6.23. The molecular weight excluding hydrogens is 256 g/mol. The molecule has 1 nitrogen and oxygen atoms in total. The van der Waals surface area contributed by atoms with E-state index in [0.717, 1.165) is 19.4 Å². The predicted molar refractivity (Wildman–Crippen MR) is 90.3 cm³/mol. The fraction of sp³-hybridized carbons (Fsp3) is 0.300. The molecule has 0 saturated heterocycles. The van der Waals surface area contributed by atoms with Crippen molar-refractivity contribution >= 4 is 0 Å². The SMILES string of the molecule is C=CCc1ccc(-c2ccc(COCCCC)cc2)cc1. The molecule has 0 aliphatic rings. The van der Waals surface area contributed by atoms with E-state index in [-0.39, 0.29) is 0 Å². The quantitative estimate of drug-likeness (QED) is 0.465. The van der Waals surface area contributed by atoms with E-state index in [1.54, 1.807) is 0 Å². The molecule has 0 fully saturated rings. The minimum absolute atomic E-state index is 0.707. The van der Waals surface area contributed by atoms with Crippen LogP contribution in [0.4, 0.5) is 0 Å². The zero-order valence-electron chi connectivity index (χ0n) is 12.8. The molecule has 0 spiro atoms. The molecular formula is C20H24O. The minimum atomic E-state index is 0.707. The van der Waals surface area contributed by atoms with Crippen LogP contribution in [0, 0.1) is 0 Å². The second kappa shape index (κ2) is 8.43. The molecule has 110 valence electrons. The molecule has 0 aromatic heterocycles. The monoisotopic (exact) mass is 280 g/mol. The molecule has 1 heteroatoms. The summed E-state index contributed by atoms with van der Waals surface area (Å²) in [5.41, 5.74) is 5.03. The van der Waals surface area contributed by atoms with E-state index >= 15 is 0 Å². The molecule has 21 heavy (non-hydrogen) atoms. The van der Waals surface area contributed by atoms with E-state index in [2.05, 4.69) is 62.0 Å². The Morgan fingerprint density at radius 1 is 0.905 bits per heavy atom. The number of ether oxygens (including phenoxy) is 1. The number of unbranched alkanes of at least 4 members (excludes halogenated alkanes) is 1. The van der Waals surface area contributed by atoms with E-state index in [9.17, 15) is 0 Å². The molecule has 0 heterocycles. The van der Waals surface area contributed by atoms with Crippen molar-refractivity contribution in [3.63, 3.8) is 0 Å². The normalized spacial score (nSPS) is 10.5. The smallest absolute Gasteiger partial charge is 0.0716 e. The van der Waals surface area contributed by atoms with E-state index in [0.29, 0.717) is 6.61 Å². The van der Waals surface area contributed by atoms with Gasteiger partial charge >= 0.3 is 0 Å². The number of hydrogen-bond acceptors (Lipinski definition) is 1. The molecule has 0 bridgehead atoms. The Bertz CT molecular complexity index is 537. The van der Waals surface area contributed by atoms with Gasteiger partial charge in [-0.15, -0.1) is 6.58 Å². The zero-order valence-corrected chi connectivity index (χ0v) is 12.8. The zero-order chi connectivity index (χ0) is 14.9.